The number of aryl methyl sites for hydroxylation is 2. The number of rotatable bonds is 1. The molecule has 2 fully saturated rings. The zero-order chi connectivity index (χ0) is 15.2. The van der Waals surface area contributed by atoms with Crippen molar-refractivity contribution in [2.45, 2.75) is 64.3 Å². The molecular formula is C19H29NO. The first kappa shape index (κ1) is 14.9. The van der Waals surface area contributed by atoms with E-state index in [0.29, 0.717) is 17.7 Å². The van der Waals surface area contributed by atoms with Gasteiger partial charge in [-0.2, -0.15) is 0 Å². The number of phenolic OH excluding ortho intramolecular Hbond substituents is 1. The normalized spacial score (nSPS) is 33.7. The van der Waals surface area contributed by atoms with E-state index in [0.717, 1.165) is 12.1 Å². The second-order valence-corrected chi connectivity index (χ2v) is 7.40. The van der Waals surface area contributed by atoms with Gasteiger partial charge in [0.15, 0.2) is 0 Å². The van der Waals surface area contributed by atoms with Crippen LogP contribution >= 0.6 is 0 Å². The average molecular weight is 287 g/mol. The lowest BCUT2D eigenvalue weighted by molar-refractivity contribution is 0.0213. The molecule has 1 aliphatic heterocycles. The fourth-order valence-electron chi connectivity index (χ4n) is 5.03. The number of phenols is 1. The van der Waals surface area contributed by atoms with Crippen LogP contribution in [0, 0.1) is 19.8 Å². The molecule has 0 bridgehead atoms. The Morgan fingerprint density at radius 3 is 2.62 bits per heavy atom. The van der Waals surface area contributed by atoms with Crippen LogP contribution in [0.5, 0.6) is 5.75 Å². The van der Waals surface area contributed by atoms with Crippen molar-refractivity contribution in [2.75, 3.05) is 13.6 Å². The van der Waals surface area contributed by atoms with E-state index < -0.39 is 0 Å². The minimum absolute atomic E-state index is 0.199. The zero-order valence-electron chi connectivity index (χ0n) is 13.9. The Balaban J connectivity index is 2.15. The SMILES string of the molecule is Cc1ccc(C)c(C23CCCCC2C(C)N(C)CC3)c1O. The highest BCUT2D eigenvalue weighted by Crippen LogP contribution is 2.54. The van der Waals surface area contributed by atoms with Gasteiger partial charge in [0.25, 0.3) is 0 Å². The summed E-state index contributed by atoms with van der Waals surface area (Å²) in [6, 6.07) is 4.87. The molecule has 2 nitrogen and oxygen atoms in total. The highest BCUT2D eigenvalue weighted by Gasteiger charge is 2.49. The largest absolute Gasteiger partial charge is 0.507 e. The van der Waals surface area contributed by atoms with E-state index in [2.05, 4.69) is 37.9 Å². The maximum absolute atomic E-state index is 10.8. The molecule has 1 aliphatic carbocycles. The Hall–Kier alpha value is -1.02. The Morgan fingerprint density at radius 2 is 1.86 bits per heavy atom. The van der Waals surface area contributed by atoms with E-state index in [1.165, 1.54) is 43.2 Å². The molecule has 0 spiro atoms. The van der Waals surface area contributed by atoms with Crippen molar-refractivity contribution in [3.63, 3.8) is 0 Å². The molecule has 0 radical (unpaired) electrons. The quantitative estimate of drug-likeness (QED) is 0.838. The van der Waals surface area contributed by atoms with Crippen molar-refractivity contribution < 1.29 is 5.11 Å². The third-order valence-corrected chi connectivity index (χ3v) is 6.37. The van der Waals surface area contributed by atoms with Crippen LogP contribution in [0.15, 0.2) is 12.1 Å². The van der Waals surface area contributed by atoms with Crippen LogP contribution in [0.3, 0.4) is 0 Å². The number of likely N-dealkylation sites (tertiary alicyclic amines) is 1. The highest BCUT2D eigenvalue weighted by molar-refractivity contribution is 5.50. The van der Waals surface area contributed by atoms with Crippen molar-refractivity contribution in [1.82, 2.24) is 4.90 Å². The molecule has 1 saturated heterocycles. The molecule has 1 N–H and O–H groups in total. The fourth-order valence-corrected chi connectivity index (χ4v) is 5.03. The molecular weight excluding hydrogens is 258 g/mol. The van der Waals surface area contributed by atoms with Gasteiger partial charge in [0, 0.05) is 17.0 Å². The summed E-state index contributed by atoms with van der Waals surface area (Å²) in [6.07, 6.45) is 6.39. The van der Waals surface area contributed by atoms with E-state index in [9.17, 15) is 5.11 Å². The van der Waals surface area contributed by atoms with E-state index in [-0.39, 0.29) is 5.41 Å². The molecule has 3 rings (SSSR count). The van der Waals surface area contributed by atoms with Crippen LogP contribution in [-0.2, 0) is 5.41 Å². The smallest absolute Gasteiger partial charge is 0.122 e. The summed E-state index contributed by atoms with van der Waals surface area (Å²) < 4.78 is 0. The molecule has 3 unspecified atom stereocenters. The van der Waals surface area contributed by atoms with Crippen molar-refractivity contribution in [2.24, 2.45) is 5.92 Å². The van der Waals surface area contributed by atoms with Gasteiger partial charge < -0.3 is 10.0 Å². The average Bonchev–Trinajstić information content (AvgIpc) is 2.48. The van der Waals surface area contributed by atoms with Crippen LogP contribution in [0.25, 0.3) is 0 Å². The second-order valence-electron chi connectivity index (χ2n) is 7.40. The van der Waals surface area contributed by atoms with Gasteiger partial charge in [-0.1, -0.05) is 25.0 Å². The molecule has 0 aromatic heterocycles. The number of hydrogen-bond donors (Lipinski definition) is 1. The number of aromatic hydroxyl groups is 1. The first-order valence-electron chi connectivity index (χ1n) is 8.47. The van der Waals surface area contributed by atoms with Crippen LogP contribution < -0.4 is 0 Å². The monoisotopic (exact) mass is 287 g/mol. The molecule has 0 amide bonds. The lowest BCUT2D eigenvalue weighted by atomic mass is 9.56. The number of benzene rings is 1. The minimum atomic E-state index is 0.199. The van der Waals surface area contributed by atoms with Gasteiger partial charge in [-0.15, -0.1) is 0 Å². The zero-order valence-corrected chi connectivity index (χ0v) is 13.9. The van der Waals surface area contributed by atoms with Gasteiger partial charge in [0.2, 0.25) is 0 Å². The van der Waals surface area contributed by atoms with Gasteiger partial charge in [0.1, 0.15) is 5.75 Å². The van der Waals surface area contributed by atoms with E-state index in [1.807, 2.05) is 6.92 Å². The van der Waals surface area contributed by atoms with E-state index in [1.54, 1.807) is 0 Å². The minimum Gasteiger partial charge on any atom is -0.507 e. The molecule has 2 aliphatic rings. The second kappa shape index (κ2) is 5.31. The fraction of sp³-hybridized carbons (Fsp3) is 0.684. The molecule has 21 heavy (non-hydrogen) atoms. The molecule has 116 valence electrons. The highest BCUT2D eigenvalue weighted by atomic mass is 16.3. The van der Waals surface area contributed by atoms with Gasteiger partial charge in [-0.05, 0) is 70.7 Å². The summed E-state index contributed by atoms with van der Waals surface area (Å²) in [5, 5.41) is 10.8. The topological polar surface area (TPSA) is 23.5 Å². The first-order valence-corrected chi connectivity index (χ1v) is 8.47. The maximum Gasteiger partial charge on any atom is 0.122 e. The number of hydrogen-bond acceptors (Lipinski definition) is 2. The van der Waals surface area contributed by atoms with E-state index in [4.69, 9.17) is 0 Å². The Labute approximate surface area is 129 Å². The summed E-state index contributed by atoms with van der Waals surface area (Å²) >= 11 is 0. The summed E-state index contributed by atoms with van der Waals surface area (Å²) in [5.41, 5.74) is 3.78. The summed E-state index contributed by atoms with van der Waals surface area (Å²) in [5.74, 6) is 1.25. The van der Waals surface area contributed by atoms with Gasteiger partial charge in [-0.25, -0.2) is 0 Å². The van der Waals surface area contributed by atoms with Crippen molar-refractivity contribution in [3.05, 3.63) is 28.8 Å². The standard InChI is InChI=1S/C19H29NO/c1-13-8-9-14(2)18(21)17(13)19-10-6-5-7-16(19)15(3)20(4)12-11-19/h8-9,15-16,21H,5-7,10-12H2,1-4H3. The van der Waals surface area contributed by atoms with Crippen LogP contribution in [-0.4, -0.2) is 29.6 Å². The van der Waals surface area contributed by atoms with Gasteiger partial charge >= 0.3 is 0 Å². The first-order chi connectivity index (χ1) is 9.97. The Kier molecular flexibility index (Phi) is 3.77. The lowest BCUT2D eigenvalue weighted by Gasteiger charge is -2.54. The lowest BCUT2D eigenvalue weighted by Crippen LogP contribution is -2.55. The summed E-state index contributed by atoms with van der Waals surface area (Å²) in [4.78, 5) is 2.51. The molecule has 1 aromatic carbocycles. The third kappa shape index (κ3) is 2.19. The summed E-state index contributed by atoms with van der Waals surface area (Å²) in [6.45, 7) is 7.74. The Bertz CT molecular complexity index is 539. The molecule has 1 aromatic rings. The molecule has 3 atom stereocenters. The predicted molar refractivity (Wildman–Crippen MR) is 87.9 cm³/mol. The van der Waals surface area contributed by atoms with Gasteiger partial charge in [0.05, 0.1) is 0 Å². The van der Waals surface area contributed by atoms with Crippen LogP contribution in [0.4, 0.5) is 0 Å². The number of piperidine rings is 1. The number of nitrogens with zero attached hydrogens (tertiary/aromatic N) is 1. The maximum atomic E-state index is 10.8. The van der Waals surface area contributed by atoms with Crippen LogP contribution in [0.2, 0.25) is 0 Å². The van der Waals surface area contributed by atoms with Crippen molar-refractivity contribution >= 4 is 0 Å². The molecule has 2 heteroatoms. The van der Waals surface area contributed by atoms with E-state index >= 15 is 0 Å². The summed E-state index contributed by atoms with van der Waals surface area (Å²) in [7, 11) is 2.26. The van der Waals surface area contributed by atoms with Crippen molar-refractivity contribution in [3.8, 4) is 5.75 Å². The third-order valence-electron chi connectivity index (χ3n) is 6.37. The van der Waals surface area contributed by atoms with Crippen molar-refractivity contribution in [1.29, 1.82) is 0 Å². The van der Waals surface area contributed by atoms with Gasteiger partial charge in [-0.3, -0.25) is 0 Å². The molecule has 1 saturated carbocycles. The number of fused-ring (bicyclic) bond motifs is 1. The Morgan fingerprint density at radius 1 is 1.14 bits per heavy atom. The van der Waals surface area contributed by atoms with Crippen LogP contribution in [0.1, 0.15) is 55.7 Å². The molecule has 1 heterocycles. The predicted octanol–water partition coefficient (Wildman–Crippen LogP) is 4.16.